The first-order chi connectivity index (χ1) is 10.4. The summed E-state index contributed by atoms with van der Waals surface area (Å²) in [6.45, 7) is 0. The highest BCUT2D eigenvalue weighted by molar-refractivity contribution is 7.98. The maximum Gasteiger partial charge on any atom is 0.183 e. The molecule has 0 bridgehead atoms. The second-order valence-electron chi connectivity index (χ2n) is 4.67. The Morgan fingerprint density at radius 1 is 1.00 bits per heavy atom. The first kappa shape index (κ1) is 12.3. The summed E-state index contributed by atoms with van der Waals surface area (Å²) < 4.78 is 1.74. The molecule has 0 radical (unpaired) electrons. The van der Waals surface area contributed by atoms with Crippen molar-refractivity contribution in [3.8, 4) is 11.4 Å². The van der Waals surface area contributed by atoms with Crippen molar-refractivity contribution in [3.63, 3.8) is 0 Å². The van der Waals surface area contributed by atoms with Gasteiger partial charge in [0.25, 0.3) is 0 Å². The average molecular weight is 292 g/mol. The molecule has 2 aromatic heterocycles. The van der Waals surface area contributed by atoms with E-state index in [1.165, 1.54) is 4.90 Å². The Morgan fingerprint density at radius 3 is 2.71 bits per heavy atom. The molecule has 4 rings (SSSR count). The fourth-order valence-electron chi connectivity index (χ4n) is 2.42. The van der Waals surface area contributed by atoms with Crippen LogP contribution in [0.5, 0.6) is 0 Å². The summed E-state index contributed by atoms with van der Waals surface area (Å²) in [6.07, 6.45) is 3.78. The van der Waals surface area contributed by atoms with Gasteiger partial charge in [-0.1, -0.05) is 24.3 Å². The summed E-state index contributed by atoms with van der Waals surface area (Å²) in [5.74, 6) is 0.734. The van der Waals surface area contributed by atoms with Gasteiger partial charge in [0.15, 0.2) is 11.5 Å². The lowest BCUT2D eigenvalue weighted by molar-refractivity contribution is 0.937. The Morgan fingerprint density at radius 2 is 1.81 bits per heavy atom. The third kappa shape index (κ3) is 1.97. The topological polar surface area (TPSA) is 43.1 Å². The highest BCUT2D eigenvalue weighted by Crippen LogP contribution is 2.28. The Kier molecular flexibility index (Phi) is 2.86. The standard InChI is InChI=1S/C16H12N4S/c1-21-14-9-5-3-7-12(14)15-18-16-11-6-2-4-8-13(11)17-10-20(16)19-15/h2-10H,1H3. The van der Waals surface area contributed by atoms with Crippen molar-refractivity contribution in [2.45, 2.75) is 4.90 Å². The van der Waals surface area contributed by atoms with Crippen LogP contribution in [0.2, 0.25) is 0 Å². The second kappa shape index (κ2) is 4.86. The Labute approximate surface area is 125 Å². The molecular weight excluding hydrogens is 280 g/mol. The fourth-order valence-corrected chi connectivity index (χ4v) is 3.02. The first-order valence-electron chi connectivity index (χ1n) is 6.60. The second-order valence-corrected chi connectivity index (χ2v) is 5.51. The predicted molar refractivity (Wildman–Crippen MR) is 85.5 cm³/mol. The summed E-state index contributed by atoms with van der Waals surface area (Å²) in [4.78, 5) is 10.3. The zero-order valence-electron chi connectivity index (χ0n) is 11.4. The van der Waals surface area contributed by atoms with Crippen molar-refractivity contribution < 1.29 is 0 Å². The van der Waals surface area contributed by atoms with E-state index in [0.29, 0.717) is 0 Å². The van der Waals surface area contributed by atoms with Gasteiger partial charge in [0, 0.05) is 15.8 Å². The van der Waals surface area contributed by atoms with Crippen LogP contribution in [0.25, 0.3) is 27.9 Å². The molecule has 2 aromatic carbocycles. The Bertz CT molecular complexity index is 945. The van der Waals surface area contributed by atoms with Crippen molar-refractivity contribution in [1.29, 1.82) is 0 Å². The van der Waals surface area contributed by atoms with Gasteiger partial charge in [0.05, 0.1) is 5.52 Å². The molecule has 0 spiro atoms. The van der Waals surface area contributed by atoms with Gasteiger partial charge in [0.2, 0.25) is 0 Å². The van der Waals surface area contributed by atoms with Gasteiger partial charge in [0.1, 0.15) is 6.33 Å². The number of benzene rings is 2. The van der Waals surface area contributed by atoms with Crippen LogP contribution in [0.15, 0.2) is 59.8 Å². The number of nitrogens with zero attached hydrogens (tertiary/aromatic N) is 4. The monoisotopic (exact) mass is 292 g/mol. The molecule has 0 atom stereocenters. The third-order valence-corrected chi connectivity index (χ3v) is 4.23. The van der Waals surface area contributed by atoms with Crippen molar-refractivity contribution in [3.05, 3.63) is 54.9 Å². The summed E-state index contributed by atoms with van der Waals surface area (Å²) in [7, 11) is 0. The van der Waals surface area contributed by atoms with Crippen LogP contribution >= 0.6 is 11.8 Å². The molecule has 0 aliphatic rings. The van der Waals surface area contributed by atoms with E-state index in [9.17, 15) is 0 Å². The normalized spacial score (nSPS) is 11.3. The van der Waals surface area contributed by atoms with Crippen molar-refractivity contribution in [2.24, 2.45) is 0 Å². The smallest absolute Gasteiger partial charge is 0.183 e. The van der Waals surface area contributed by atoms with Crippen LogP contribution in [0.4, 0.5) is 0 Å². The predicted octanol–water partition coefficient (Wildman–Crippen LogP) is 3.67. The molecular formula is C16H12N4S. The molecule has 0 saturated carbocycles. The van der Waals surface area contributed by atoms with Crippen LogP contribution in [0.1, 0.15) is 0 Å². The Balaban J connectivity index is 2.01. The molecule has 5 heteroatoms. The quantitative estimate of drug-likeness (QED) is 0.529. The van der Waals surface area contributed by atoms with Gasteiger partial charge in [-0.05, 0) is 30.5 Å². The molecule has 21 heavy (non-hydrogen) atoms. The minimum atomic E-state index is 0.734. The van der Waals surface area contributed by atoms with Crippen LogP contribution < -0.4 is 0 Å². The fraction of sp³-hybridized carbons (Fsp3) is 0.0625. The number of thioether (sulfide) groups is 1. The first-order valence-corrected chi connectivity index (χ1v) is 7.83. The highest BCUT2D eigenvalue weighted by Gasteiger charge is 2.12. The maximum absolute atomic E-state index is 4.72. The summed E-state index contributed by atoms with van der Waals surface area (Å²) in [5, 5.41) is 5.59. The van der Waals surface area contributed by atoms with E-state index in [4.69, 9.17) is 4.98 Å². The molecule has 0 saturated heterocycles. The van der Waals surface area contributed by atoms with E-state index in [2.05, 4.69) is 28.5 Å². The maximum atomic E-state index is 4.72. The van der Waals surface area contributed by atoms with Crippen LogP contribution in [0.3, 0.4) is 0 Å². The van der Waals surface area contributed by atoms with Gasteiger partial charge in [-0.2, -0.15) is 0 Å². The molecule has 2 heterocycles. The zero-order chi connectivity index (χ0) is 14.2. The lowest BCUT2D eigenvalue weighted by Gasteiger charge is -2.01. The number of aromatic nitrogens is 4. The highest BCUT2D eigenvalue weighted by atomic mass is 32.2. The number of rotatable bonds is 2. The molecule has 4 aromatic rings. The molecule has 102 valence electrons. The zero-order valence-corrected chi connectivity index (χ0v) is 12.2. The summed E-state index contributed by atoms with van der Waals surface area (Å²) >= 11 is 1.70. The SMILES string of the molecule is CSc1ccccc1-c1nc2c3ccccc3ncn2n1. The molecule has 4 nitrogen and oxygen atoms in total. The molecule has 0 amide bonds. The van der Waals surface area contributed by atoms with Crippen LogP contribution in [-0.2, 0) is 0 Å². The van der Waals surface area contributed by atoms with E-state index in [0.717, 1.165) is 27.9 Å². The van der Waals surface area contributed by atoms with E-state index in [1.807, 2.05) is 36.4 Å². The lowest BCUT2D eigenvalue weighted by Crippen LogP contribution is -1.91. The number of hydrogen-bond acceptors (Lipinski definition) is 4. The number of hydrogen-bond donors (Lipinski definition) is 0. The van der Waals surface area contributed by atoms with E-state index >= 15 is 0 Å². The van der Waals surface area contributed by atoms with Gasteiger partial charge in [-0.3, -0.25) is 0 Å². The minimum absolute atomic E-state index is 0.734. The van der Waals surface area contributed by atoms with Crippen molar-refractivity contribution >= 4 is 28.3 Å². The molecule has 0 fully saturated rings. The largest absolute Gasteiger partial charge is 0.236 e. The van der Waals surface area contributed by atoms with Gasteiger partial charge in [-0.15, -0.1) is 16.9 Å². The van der Waals surface area contributed by atoms with Crippen LogP contribution in [-0.4, -0.2) is 25.8 Å². The van der Waals surface area contributed by atoms with Gasteiger partial charge in [-0.25, -0.2) is 14.5 Å². The molecule has 0 aliphatic carbocycles. The molecule has 0 aliphatic heterocycles. The van der Waals surface area contributed by atoms with Crippen molar-refractivity contribution in [2.75, 3.05) is 6.26 Å². The number of para-hydroxylation sites is 1. The van der Waals surface area contributed by atoms with E-state index < -0.39 is 0 Å². The van der Waals surface area contributed by atoms with E-state index in [-0.39, 0.29) is 0 Å². The van der Waals surface area contributed by atoms with E-state index in [1.54, 1.807) is 22.6 Å². The molecule has 0 N–H and O–H groups in total. The molecule has 0 unspecified atom stereocenters. The third-order valence-electron chi connectivity index (χ3n) is 3.43. The lowest BCUT2D eigenvalue weighted by atomic mass is 10.2. The summed E-state index contributed by atoms with van der Waals surface area (Å²) in [5.41, 5.74) is 2.83. The minimum Gasteiger partial charge on any atom is -0.236 e. The Hall–Kier alpha value is -2.40. The average Bonchev–Trinajstić information content (AvgIpc) is 2.99. The van der Waals surface area contributed by atoms with Crippen molar-refractivity contribution in [1.82, 2.24) is 19.6 Å². The number of fused-ring (bicyclic) bond motifs is 3. The summed E-state index contributed by atoms with van der Waals surface area (Å²) in [6, 6.07) is 16.2. The van der Waals surface area contributed by atoms with Gasteiger partial charge < -0.3 is 0 Å². The van der Waals surface area contributed by atoms with Gasteiger partial charge >= 0.3 is 0 Å². The van der Waals surface area contributed by atoms with Crippen LogP contribution in [0, 0.1) is 0 Å².